The molecule has 35 heavy (non-hydrogen) atoms. The summed E-state index contributed by atoms with van der Waals surface area (Å²) in [7, 11) is 0. The van der Waals surface area contributed by atoms with Gasteiger partial charge in [0.05, 0.1) is 4.92 Å². The summed E-state index contributed by atoms with van der Waals surface area (Å²) in [6, 6.07) is 11.0. The predicted octanol–water partition coefficient (Wildman–Crippen LogP) is 3.57. The molecule has 0 saturated heterocycles. The van der Waals surface area contributed by atoms with Gasteiger partial charge in [0.1, 0.15) is 12.0 Å². The van der Waals surface area contributed by atoms with Crippen LogP contribution < -0.4 is 10.6 Å². The number of aliphatic hydroxyl groups excluding tert-OH is 1. The van der Waals surface area contributed by atoms with E-state index in [1.165, 1.54) is 18.3 Å². The minimum atomic E-state index is -0.607. The summed E-state index contributed by atoms with van der Waals surface area (Å²) < 4.78 is 12.9. The number of hydrogen-bond acceptors (Lipinski definition) is 8. The summed E-state index contributed by atoms with van der Waals surface area (Å²) in [6.07, 6.45) is 3.70. The van der Waals surface area contributed by atoms with Gasteiger partial charge in [-0.05, 0) is 72.2 Å². The fraction of sp³-hybridized carbons (Fsp3) is 0.417. The Morgan fingerprint density at radius 3 is 2.66 bits per heavy atom. The molecule has 0 radical (unpaired) electrons. The summed E-state index contributed by atoms with van der Waals surface area (Å²) >= 11 is 2.25. The number of nitrogens with zero attached hydrogens (tertiary/aromatic N) is 2. The largest absolute Gasteiger partial charge is 0.459 e. The molecule has 0 unspecified atom stereocenters. The predicted molar refractivity (Wildman–Crippen MR) is 139 cm³/mol. The number of carbonyl (C=O) groups excluding carboxylic acids is 1. The fourth-order valence-electron chi connectivity index (χ4n) is 3.88. The number of pyridine rings is 1. The molecule has 0 fully saturated rings. The van der Waals surface area contributed by atoms with E-state index in [2.05, 4.69) is 38.2 Å². The number of hydrogen-bond donors (Lipinski definition) is 3. The van der Waals surface area contributed by atoms with Gasteiger partial charge < -0.3 is 25.2 Å². The highest BCUT2D eigenvalue weighted by atomic mass is 127. The Labute approximate surface area is 217 Å². The molecule has 1 aliphatic heterocycles. The Hall–Kier alpha value is -2.77. The number of ether oxygens (including phenoxy) is 2. The number of rotatable bonds is 12. The lowest BCUT2D eigenvalue weighted by molar-refractivity contribution is -0.385. The SMILES string of the molecule is CCO[C@@H]1OC(C(=O)NCCNc2ccc([N+](=O)[O-])cn2)=C[C@H](c2ccc(I)cc2)[C@H]1CCCO. The van der Waals surface area contributed by atoms with Crippen LogP contribution >= 0.6 is 22.6 Å². The first-order valence-corrected chi connectivity index (χ1v) is 12.5. The maximum Gasteiger partial charge on any atom is 0.287 e. The number of nitrogens with one attached hydrogen (secondary N) is 2. The van der Waals surface area contributed by atoms with Crippen LogP contribution in [0.4, 0.5) is 11.5 Å². The van der Waals surface area contributed by atoms with Gasteiger partial charge in [-0.15, -0.1) is 0 Å². The molecule has 0 aliphatic carbocycles. The molecule has 3 N–H and O–H groups in total. The molecular weight excluding hydrogens is 567 g/mol. The third kappa shape index (κ3) is 7.61. The number of anilines is 1. The summed E-state index contributed by atoms with van der Waals surface area (Å²) in [5.74, 6) is 0.158. The molecule has 1 aromatic heterocycles. The van der Waals surface area contributed by atoms with E-state index >= 15 is 0 Å². The zero-order valence-corrected chi connectivity index (χ0v) is 21.5. The molecule has 0 bridgehead atoms. The highest BCUT2D eigenvalue weighted by molar-refractivity contribution is 14.1. The van der Waals surface area contributed by atoms with Crippen molar-refractivity contribution < 1.29 is 24.3 Å². The Morgan fingerprint density at radius 2 is 2.03 bits per heavy atom. The van der Waals surface area contributed by atoms with Crippen molar-refractivity contribution >= 4 is 40.0 Å². The molecule has 1 amide bonds. The number of benzene rings is 1. The Kier molecular flexibility index (Phi) is 10.2. The molecule has 0 saturated carbocycles. The Balaban J connectivity index is 1.67. The molecular formula is C24H29IN4O6. The summed E-state index contributed by atoms with van der Waals surface area (Å²) in [5.41, 5.74) is 0.964. The molecule has 3 rings (SSSR count). The zero-order chi connectivity index (χ0) is 25.2. The smallest absolute Gasteiger partial charge is 0.287 e. The number of amides is 1. The van der Waals surface area contributed by atoms with Crippen LogP contribution in [-0.2, 0) is 14.3 Å². The summed E-state index contributed by atoms with van der Waals surface area (Å²) in [4.78, 5) is 27.1. The molecule has 188 valence electrons. The van der Waals surface area contributed by atoms with Crippen LogP contribution in [0.25, 0.3) is 0 Å². The standard InChI is InChI=1S/C24H29IN4O6/c1-2-34-24-19(4-3-13-30)20(16-5-7-17(25)8-6-16)14-21(35-24)23(31)27-12-11-26-22-10-9-18(15-28-22)29(32)33/h5-10,14-15,19-20,24,30H,2-4,11-13H2,1H3,(H,26,28)(H,27,31)/t19-,20-,24-/m1/s1. The zero-order valence-electron chi connectivity index (χ0n) is 19.4. The minimum Gasteiger partial charge on any atom is -0.459 e. The van der Waals surface area contributed by atoms with E-state index in [4.69, 9.17) is 9.47 Å². The fourth-order valence-corrected chi connectivity index (χ4v) is 4.24. The van der Waals surface area contributed by atoms with E-state index in [0.29, 0.717) is 38.4 Å². The van der Waals surface area contributed by atoms with Crippen LogP contribution in [0.3, 0.4) is 0 Å². The molecule has 11 heteroatoms. The van der Waals surface area contributed by atoms with Gasteiger partial charge in [0, 0.05) is 47.8 Å². The second-order valence-corrected chi connectivity index (χ2v) is 9.17. The first-order valence-electron chi connectivity index (χ1n) is 11.4. The molecule has 3 atom stereocenters. The van der Waals surface area contributed by atoms with E-state index < -0.39 is 11.2 Å². The van der Waals surface area contributed by atoms with E-state index in [1.807, 2.05) is 37.3 Å². The topological polar surface area (TPSA) is 136 Å². The van der Waals surface area contributed by atoms with Crippen molar-refractivity contribution in [1.29, 1.82) is 0 Å². The Morgan fingerprint density at radius 1 is 1.26 bits per heavy atom. The van der Waals surface area contributed by atoms with Gasteiger partial charge in [0.15, 0.2) is 5.76 Å². The van der Waals surface area contributed by atoms with Gasteiger partial charge in [-0.3, -0.25) is 14.9 Å². The van der Waals surface area contributed by atoms with Gasteiger partial charge in [0.2, 0.25) is 6.29 Å². The van der Waals surface area contributed by atoms with Gasteiger partial charge in [-0.1, -0.05) is 12.1 Å². The van der Waals surface area contributed by atoms with E-state index in [0.717, 1.165) is 9.13 Å². The summed E-state index contributed by atoms with van der Waals surface area (Å²) in [6.45, 7) is 3.05. The average molecular weight is 596 g/mol. The number of halogens is 1. The van der Waals surface area contributed by atoms with Gasteiger partial charge in [-0.25, -0.2) is 4.98 Å². The maximum absolute atomic E-state index is 12.9. The van der Waals surface area contributed by atoms with Crippen LogP contribution in [0.1, 0.15) is 31.2 Å². The number of aliphatic hydroxyl groups is 1. The van der Waals surface area contributed by atoms with Gasteiger partial charge in [0.25, 0.3) is 11.6 Å². The van der Waals surface area contributed by atoms with Crippen molar-refractivity contribution in [2.24, 2.45) is 5.92 Å². The van der Waals surface area contributed by atoms with Crippen LogP contribution in [0.15, 0.2) is 54.4 Å². The van der Waals surface area contributed by atoms with Gasteiger partial charge in [-0.2, -0.15) is 0 Å². The van der Waals surface area contributed by atoms with Crippen molar-refractivity contribution in [1.82, 2.24) is 10.3 Å². The third-order valence-corrected chi connectivity index (χ3v) is 6.28. The van der Waals surface area contributed by atoms with E-state index in [1.54, 1.807) is 0 Å². The van der Waals surface area contributed by atoms with Crippen LogP contribution in [0.5, 0.6) is 0 Å². The molecule has 10 nitrogen and oxygen atoms in total. The van der Waals surface area contributed by atoms with Crippen molar-refractivity contribution in [2.75, 3.05) is 31.6 Å². The highest BCUT2D eigenvalue weighted by Crippen LogP contribution is 2.39. The van der Waals surface area contributed by atoms with Crippen molar-refractivity contribution in [2.45, 2.75) is 32.0 Å². The lowest BCUT2D eigenvalue weighted by Gasteiger charge is -2.37. The maximum atomic E-state index is 12.9. The first-order chi connectivity index (χ1) is 16.9. The lowest BCUT2D eigenvalue weighted by atomic mass is 9.80. The molecule has 1 aromatic carbocycles. The molecule has 2 heterocycles. The van der Waals surface area contributed by atoms with Crippen molar-refractivity contribution in [3.8, 4) is 0 Å². The number of carbonyl (C=O) groups is 1. The third-order valence-electron chi connectivity index (χ3n) is 5.57. The minimum absolute atomic E-state index is 0.0476. The normalized spacial score (nSPS) is 19.4. The second kappa shape index (κ2) is 13.4. The first kappa shape index (κ1) is 26.8. The Bertz CT molecular complexity index is 1020. The monoisotopic (exact) mass is 596 g/mol. The average Bonchev–Trinajstić information content (AvgIpc) is 2.86. The molecule has 2 aromatic rings. The van der Waals surface area contributed by atoms with Crippen molar-refractivity contribution in [3.05, 3.63) is 73.7 Å². The molecule has 1 aliphatic rings. The number of aromatic nitrogens is 1. The van der Waals surface area contributed by atoms with E-state index in [-0.39, 0.29) is 35.8 Å². The highest BCUT2D eigenvalue weighted by Gasteiger charge is 2.37. The summed E-state index contributed by atoms with van der Waals surface area (Å²) in [5, 5.41) is 25.9. The number of nitro groups is 1. The quantitative estimate of drug-likeness (QED) is 0.147. The van der Waals surface area contributed by atoms with Crippen LogP contribution in [0.2, 0.25) is 0 Å². The van der Waals surface area contributed by atoms with E-state index in [9.17, 15) is 20.0 Å². The van der Waals surface area contributed by atoms with Crippen molar-refractivity contribution in [3.63, 3.8) is 0 Å². The van der Waals surface area contributed by atoms with Gasteiger partial charge >= 0.3 is 0 Å². The van der Waals surface area contributed by atoms with Crippen LogP contribution in [-0.4, -0.2) is 53.5 Å². The second-order valence-electron chi connectivity index (χ2n) is 7.92. The molecule has 0 spiro atoms. The number of allylic oxidation sites excluding steroid dienone is 1. The lowest BCUT2D eigenvalue weighted by Crippen LogP contribution is -2.39. The van der Waals surface area contributed by atoms with Crippen LogP contribution in [0, 0.1) is 19.6 Å².